The van der Waals surface area contributed by atoms with E-state index in [0.29, 0.717) is 6.07 Å². The van der Waals surface area contributed by atoms with Gasteiger partial charge in [0.05, 0.1) is 29.8 Å². The number of benzene rings is 1. The van der Waals surface area contributed by atoms with Gasteiger partial charge in [0.25, 0.3) is 11.6 Å². The number of aromatic hydroxyl groups is 2. The van der Waals surface area contributed by atoms with Gasteiger partial charge in [-0.1, -0.05) is 0 Å². The van der Waals surface area contributed by atoms with Gasteiger partial charge in [0.15, 0.2) is 17.7 Å². The van der Waals surface area contributed by atoms with E-state index in [0.717, 1.165) is 10.6 Å². The van der Waals surface area contributed by atoms with E-state index in [1.807, 2.05) is 0 Å². The molecule has 1 saturated heterocycles. The molecule has 1 amide bonds. The van der Waals surface area contributed by atoms with E-state index in [1.165, 1.54) is 12.3 Å². The van der Waals surface area contributed by atoms with Crippen molar-refractivity contribution in [3.63, 3.8) is 0 Å². The van der Waals surface area contributed by atoms with Crippen LogP contribution >= 0.6 is 0 Å². The van der Waals surface area contributed by atoms with Crippen LogP contribution in [0.5, 0.6) is 11.5 Å². The van der Waals surface area contributed by atoms with E-state index in [1.54, 1.807) is 0 Å². The Hall–Kier alpha value is -3.79. The van der Waals surface area contributed by atoms with Crippen LogP contribution < -0.4 is 16.7 Å². The van der Waals surface area contributed by atoms with Crippen LogP contribution in [0.15, 0.2) is 29.2 Å². The number of phenolic OH excluding ortho intramolecular Hbond substituents is 2. The summed E-state index contributed by atoms with van der Waals surface area (Å²) < 4.78 is 11.8. The number of hydrogen-bond donors (Lipinski definition) is 6. The van der Waals surface area contributed by atoms with Crippen molar-refractivity contribution in [1.82, 2.24) is 14.9 Å². The number of aliphatic hydroxyl groups excluding tert-OH is 2. The molecule has 15 nitrogen and oxygen atoms in total. The lowest BCUT2D eigenvalue weighted by molar-refractivity contribution is -0.385. The average Bonchev–Trinajstić information content (AvgIpc) is 3.03. The molecule has 0 saturated carbocycles. The third-order valence-electron chi connectivity index (χ3n) is 4.81. The van der Waals surface area contributed by atoms with Crippen LogP contribution in [-0.4, -0.2) is 78.9 Å². The summed E-state index contributed by atoms with van der Waals surface area (Å²) in [6.45, 7) is -0.396. The molecule has 0 bridgehead atoms. The Morgan fingerprint density at radius 1 is 1.33 bits per heavy atom. The first kappa shape index (κ1) is 23.9. The van der Waals surface area contributed by atoms with E-state index in [2.05, 4.69) is 10.3 Å². The Kier molecular flexibility index (Phi) is 7.07. The highest BCUT2D eigenvalue weighted by Gasteiger charge is 2.44. The van der Waals surface area contributed by atoms with Gasteiger partial charge in [-0.3, -0.25) is 19.5 Å². The third-order valence-corrected chi connectivity index (χ3v) is 4.81. The first-order valence-electron chi connectivity index (χ1n) is 9.52. The van der Waals surface area contributed by atoms with Gasteiger partial charge in [-0.05, 0) is 6.07 Å². The molecule has 4 atom stereocenters. The number of rotatable bonds is 8. The van der Waals surface area contributed by atoms with E-state index < -0.39 is 63.8 Å². The van der Waals surface area contributed by atoms with Gasteiger partial charge in [-0.25, -0.2) is 4.79 Å². The summed E-state index contributed by atoms with van der Waals surface area (Å²) in [5.74, 6) is -2.53. The number of nitro benzene ring substituents is 1. The molecule has 0 aliphatic carbocycles. The SMILES string of the molecule is Nc1ccn([C@@H]2O[C@H](COCCNC(=O)c3cc([N+](=O)[O-])cc(O)c3O)[C@@H](O)[C@H]2O)c(=O)n1. The number of carbonyl (C=O) groups excluding carboxylic acids is 1. The number of nitrogens with one attached hydrogen (secondary N) is 1. The third kappa shape index (κ3) is 5.17. The zero-order valence-electron chi connectivity index (χ0n) is 16.9. The van der Waals surface area contributed by atoms with Gasteiger partial charge < -0.3 is 41.0 Å². The number of carbonyl (C=O) groups is 1. The molecule has 1 aromatic carbocycles. The summed E-state index contributed by atoms with van der Waals surface area (Å²) in [7, 11) is 0. The second kappa shape index (κ2) is 9.78. The van der Waals surface area contributed by atoms with Gasteiger partial charge in [-0.15, -0.1) is 0 Å². The van der Waals surface area contributed by atoms with Gasteiger partial charge in [0.1, 0.15) is 24.1 Å². The van der Waals surface area contributed by atoms with E-state index in [-0.39, 0.29) is 25.6 Å². The molecule has 2 heterocycles. The van der Waals surface area contributed by atoms with Crippen LogP contribution in [0.25, 0.3) is 0 Å². The van der Waals surface area contributed by atoms with Crippen LogP contribution in [0.1, 0.15) is 16.6 Å². The number of phenols is 2. The highest BCUT2D eigenvalue weighted by Crippen LogP contribution is 2.33. The first-order valence-corrected chi connectivity index (χ1v) is 9.52. The number of non-ortho nitro benzene ring substituents is 1. The molecule has 1 fully saturated rings. The zero-order valence-corrected chi connectivity index (χ0v) is 16.9. The van der Waals surface area contributed by atoms with E-state index in [9.17, 15) is 40.1 Å². The summed E-state index contributed by atoms with van der Waals surface area (Å²) >= 11 is 0. The van der Waals surface area contributed by atoms with Crippen molar-refractivity contribution >= 4 is 17.4 Å². The number of nitrogens with zero attached hydrogens (tertiary/aromatic N) is 3. The minimum absolute atomic E-state index is 0.0140. The van der Waals surface area contributed by atoms with Crippen molar-refractivity contribution in [3.8, 4) is 11.5 Å². The molecule has 33 heavy (non-hydrogen) atoms. The topological polar surface area (TPSA) is 233 Å². The predicted octanol–water partition coefficient (Wildman–Crippen LogP) is -1.79. The smallest absolute Gasteiger partial charge is 0.351 e. The Morgan fingerprint density at radius 3 is 2.73 bits per heavy atom. The fourth-order valence-electron chi connectivity index (χ4n) is 3.13. The lowest BCUT2D eigenvalue weighted by Crippen LogP contribution is -2.36. The lowest BCUT2D eigenvalue weighted by atomic mass is 10.1. The molecule has 0 radical (unpaired) electrons. The number of anilines is 1. The molecule has 2 aromatic rings. The predicted molar refractivity (Wildman–Crippen MR) is 108 cm³/mol. The fraction of sp³-hybridized carbons (Fsp3) is 0.389. The molecular formula is C18H21N5O10. The van der Waals surface area contributed by atoms with Crippen LogP contribution in [0.2, 0.25) is 0 Å². The highest BCUT2D eigenvalue weighted by atomic mass is 16.6. The number of aliphatic hydroxyl groups is 2. The Bertz CT molecular complexity index is 1110. The minimum Gasteiger partial charge on any atom is -0.504 e. The normalized spacial score (nSPS) is 22.2. The summed E-state index contributed by atoms with van der Waals surface area (Å²) in [5.41, 5.74) is 3.57. The molecule has 0 spiro atoms. The highest BCUT2D eigenvalue weighted by molar-refractivity contribution is 5.98. The molecule has 1 aliphatic heterocycles. The number of nitro groups is 1. The molecular weight excluding hydrogens is 446 g/mol. The molecule has 15 heteroatoms. The number of hydrogen-bond acceptors (Lipinski definition) is 12. The van der Waals surface area contributed by atoms with Crippen LogP contribution in [0.3, 0.4) is 0 Å². The van der Waals surface area contributed by atoms with Crippen molar-refractivity contribution in [2.45, 2.75) is 24.5 Å². The summed E-state index contributed by atoms with van der Waals surface area (Å²) in [6, 6.07) is 2.84. The second-order valence-corrected chi connectivity index (χ2v) is 7.04. The standard InChI is InChI=1S/C18H21N5O10/c19-12-1-3-22(18(29)21-12)17-15(27)14(26)11(33-17)7-32-4-2-20-16(28)9-5-8(23(30)31)6-10(24)13(9)25/h1,3,5-6,11,14-15,17,24-27H,2,4,7H2,(H,20,28)(H2,19,21,29)/t11-,14-,15-,17-/m1/s1. The minimum atomic E-state index is -1.44. The largest absolute Gasteiger partial charge is 0.504 e. The number of aromatic nitrogens is 2. The van der Waals surface area contributed by atoms with Crippen LogP contribution in [0.4, 0.5) is 11.5 Å². The quantitative estimate of drug-likeness (QED) is 0.109. The van der Waals surface area contributed by atoms with Crippen LogP contribution in [-0.2, 0) is 9.47 Å². The Morgan fingerprint density at radius 2 is 2.06 bits per heavy atom. The van der Waals surface area contributed by atoms with E-state index >= 15 is 0 Å². The van der Waals surface area contributed by atoms with Gasteiger partial charge in [-0.2, -0.15) is 4.98 Å². The van der Waals surface area contributed by atoms with Crippen molar-refractivity contribution in [2.75, 3.05) is 25.5 Å². The molecule has 1 aromatic heterocycles. The van der Waals surface area contributed by atoms with E-state index in [4.69, 9.17) is 15.2 Å². The molecule has 0 unspecified atom stereocenters. The van der Waals surface area contributed by atoms with Gasteiger partial charge >= 0.3 is 5.69 Å². The maximum atomic E-state index is 12.2. The zero-order chi connectivity index (χ0) is 24.3. The fourth-order valence-corrected chi connectivity index (χ4v) is 3.13. The van der Waals surface area contributed by atoms with Crippen molar-refractivity contribution in [3.05, 3.63) is 50.6 Å². The first-order chi connectivity index (χ1) is 15.6. The summed E-state index contributed by atoms with van der Waals surface area (Å²) in [5, 5.41) is 52.8. The lowest BCUT2D eigenvalue weighted by Gasteiger charge is -2.17. The second-order valence-electron chi connectivity index (χ2n) is 7.04. The molecule has 178 valence electrons. The van der Waals surface area contributed by atoms with Crippen molar-refractivity contribution in [2.24, 2.45) is 0 Å². The van der Waals surface area contributed by atoms with Gasteiger partial charge in [0, 0.05) is 18.8 Å². The van der Waals surface area contributed by atoms with Crippen LogP contribution in [0, 0.1) is 10.1 Å². The Labute approximate surface area is 184 Å². The molecule has 3 rings (SSSR count). The number of amides is 1. The monoisotopic (exact) mass is 467 g/mol. The average molecular weight is 467 g/mol. The maximum Gasteiger partial charge on any atom is 0.351 e. The number of ether oxygens (including phenoxy) is 2. The van der Waals surface area contributed by atoms with Crippen molar-refractivity contribution < 1.29 is 39.6 Å². The number of nitrogen functional groups attached to an aromatic ring is 1. The molecule has 7 N–H and O–H groups in total. The summed E-state index contributed by atoms with van der Waals surface area (Å²) in [4.78, 5) is 37.6. The maximum absolute atomic E-state index is 12.2. The number of nitrogens with two attached hydrogens (primary N) is 1. The van der Waals surface area contributed by atoms with Crippen molar-refractivity contribution in [1.29, 1.82) is 0 Å². The summed E-state index contributed by atoms with van der Waals surface area (Å²) in [6.07, 6.45) is -3.75. The Balaban J connectivity index is 1.51. The van der Waals surface area contributed by atoms with Gasteiger partial charge in [0.2, 0.25) is 0 Å². The molecule has 1 aliphatic rings.